The van der Waals surface area contributed by atoms with Gasteiger partial charge in [-0.25, -0.2) is 0 Å². The summed E-state index contributed by atoms with van der Waals surface area (Å²) in [5, 5.41) is 1.02. The smallest absolute Gasteiger partial charge is 0.248 e. The van der Waals surface area contributed by atoms with E-state index in [1.165, 1.54) is 0 Å². The number of amides is 1. The van der Waals surface area contributed by atoms with Gasteiger partial charge in [0.2, 0.25) is 5.91 Å². The van der Waals surface area contributed by atoms with E-state index in [1.807, 2.05) is 12.1 Å². The zero-order valence-electron chi connectivity index (χ0n) is 13.5. The lowest BCUT2D eigenvalue weighted by Gasteiger charge is -2.32. The van der Waals surface area contributed by atoms with Gasteiger partial charge in [0.1, 0.15) is 0 Å². The van der Waals surface area contributed by atoms with Crippen molar-refractivity contribution in [3.05, 3.63) is 41.6 Å². The molecule has 0 saturated carbocycles. The highest BCUT2D eigenvalue weighted by molar-refractivity contribution is 5.97. The fraction of sp³-hybridized carbons (Fsp3) is 0.444. The Balaban J connectivity index is 2.07. The van der Waals surface area contributed by atoms with Crippen molar-refractivity contribution in [3.8, 4) is 0 Å². The van der Waals surface area contributed by atoms with Gasteiger partial charge in [0, 0.05) is 17.1 Å². The maximum absolute atomic E-state index is 11.3. The standard InChI is InChI=1S/C18H22N2O2/c1-17(2)10-15(22-18(17,3)4)13-7-8-20-14-9-11(16(19)21)5-6-12(13)14/h5-9,15H,10H2,1-4H3,(H2,19,21). The fourth-order valence-corrected chi connectivity index (χ4v) is 3.04. The molecule has 1 atom stereocenters. The highest BCUT2D eigenvalue weighted by Gasteiger charge is 2.48. The summed E-state index contributed by atoms with van der Waals surface area (Å²) >= 11 is 0. The summed E-state index contributed by atoms with van der Waals surface area (Å²) < 4.78 is 6.32. The van der Waals surface area contributed by atoms with Gasteiger partial charge in [0.05, 0.1) is 17.2 Å². The summed E-state index contributed by atoms with van der Waals surface area (Å²) in [7, 11) is 0. The second-order valence-corrected chi connectivity index (χ2v) is 7.20. The Morgan fingerprint density at radius 2 is 2.00 bits per heavy atom. The highest BCUT2D eigenvalue weighted by Crippen LogP contribution is 2.52. The molecule has 4 nitrogen and oxygen atoms in total. The van der Waals surface area contributed by atoms with Gasteiger partial charge in [0.25, 0.3) is 0 Å². The lowest BCUT2D eigenvalue weighted by Crippen LogP contribution is -2.34. The van der Waals surface area contributed by atoms with E-state index in [0.717, 1.165) is 22.9 Å². The van der Waals surface area contributed by atoms with Crippen molar-refractivity contribution >= 4 is 16.8 Å². The van der Waals surface area contributed by atoms with Crippen LogP contribution in [-0.2, 0) is 4.74 Å². The number of nitrogens with two attached hydrogens (primary N) is 1. The van der Waals surface area contributed by atoms with Gasteiger partial charge in [-0.05, 0) is 49.4 Å². The predicted molar refractivity (Wildman–Crippen MR) is 86.6 cm³/mol. The minimum absolute atomic E-state index is 0.0370. The number of nitrogens with zero attached hydrogens (tertiary/aromatic N) is 1. The van der Waals surface area contributed by atoms with E-state index in [2.05, 4.69) is 32.7 Å². The van der Waals surface area contributed by atoms with Gasteiger partial charge in [-0.1, -0.05) is 19.9 Å². The molecule has 1 saturated heterocycles. The number of fused-ring (bicyclic) bond motifs is 1. The molecule has 1 aliphatic rings. The largest absolute Gasteiger partial charge is 0.367 e. The number of rotatable bonds is 2. The molecule has 4 heteroatoms. The maximum atomic E-state index is 11.3. The zero-order valence-corrected chi connectivity index (χ0v) is 13.5. The van der Waals surface area contributed by atoms with Crippen molar-refractivity contribution < 1.29 is 9.53 Å². The number of aromatic nitrogens is 1. The molecule has 1 fully saturated rings. The second kappa shape index (κ2) is 4.78. The molecule has 2 aromatic rings. The first-order valence-corrected chi connectivity index (χ1v) is 7.57. The molecule has 1 aromatic heterocycles. The lowest BCUT2D eigenvalue weighted by atomic mass is 9.76. The van der Waals surface area contributed by atoms with Gasteiger partial charge >= 0.3 is 0 Å². The van der Waals surface area contributed by atoms with Crippen LogP contribution in [0.3, 0.4) is 0 Å². The summed E-state index contributed by atoms with van der Waals surface area (Å²) in [4.78, 5) is 15.7. The number of hydrogen-bond acceptors (Lipinski definition) is 3. The minimum Gasteiger partial charge on any atom is -0.367 e. The molecule has 0 radical (unpaired) electrons. The van der Waals surface area contributed by atoms with Crippen LogP contribution < -0.4 is 5.73 Å². The zero-order chi connectivity index (χ0) is 16.1. The number of benzene rings is 1. The van der Waals surface area contributed by atoms with Crippen molar-refractivity contribution in [1.29, 1.82) is 0 Å². The molecular weight excluding hydrogens is 276 g/mol. The van der Waals surface area contributed by atoms with Crippen LogP contribution in [0.2, 0.25) is 0 Å². The summed E-state index contributed by atoms with van der Waals surface area (Å²) in [5.41, 5.74) is 7.64. The van der Waals surface area contributed by atoms with Crippen LogP contribution in [0, 0.1) is 5.41 Å². The maximum Gasteiger partial charge on any atom is 0.248 e. The summed E-state index contributed by atoms with van der Waals surface area (Å²) in [6, 6.07) is 7.42. The Morgan fingerprint density at radius 1 is 1.27 bits per heavy atom. The van der Waals surface area contributed by atoms with Crippen molar-refractivity contribution in [1.82, 2.24) is 4.98 Å². The van der Waals surface area contributed by atoms with Crippen LogP contribution in [0.1, 0.15) is 56.1 Å². The van der Waals surface area contributed by atoms with E-state index in [4.69, 9.17) is 10.5 Å². The number of carbonyl (C=O) groups is 1. The minimum atomic E-state index is -0.437. The normalized spacial score (nSPS) is 22.8. The molecule has 1 aromatic carbocycles. The van der Waals surface area contributed by atoms with Gasteiger partial charge in [0.15, 0.2) is 0 Å². The van der Waals surface area contributed by atoms with E-state index < -0.39 is 5.91 Å². The Hall–Kier alpha value is -1.94. The van der Waals surface area contributed by atoms with E-state index >= 15 is 0 Å². The van der Waals surface area contributed by atoms with Gasteiger partial charge in [-0.3, -0.25) is 9.78 Å². The van der Waals surface area contributed by atoms with Crippen LogP contribution >= 0.6 is 0 Å². The van der Waals surface area contributed by atoms with E-state index in [-0.39, 0.29) is 17.1 Å². The summed E-state index contributed by atoms with van der Waals surface area (Å²) in [6.45, 7) is 8.76. The van der Waals surface area contributed by atoms with E-state index in [0.29, 0.717) is 5.56 Å². The lowest BCUT2D eigenvalue weighted by molar-refractivity contribution is -0.0519. The Morgan fingerprint density at radius 3 is 2.59 bits per heavy atom. The van der Waals surface area contributed by atoms with Crippen LogP contribution in [0.5, 0.6) is 0 Å². The first-order chi connectivity index (χ1) is 10.2. The molecule has 116 valence electrons. The van der Waals surface area contributed by atoms with E-state index in [1.54, 1.807) is 18.3 Å². The molecule has 22 heavy (non-hydrogen) atoms. The van der Waals surface area contributed by atoms with Crippen LogP contribution in [0.25, 0.3) is 10.9 Å². The highest BCUT2D eigenvalue weighted by atomic mass is 16.5. The average molecular weight is 298 g/mol. The molecule has 1 aliphatic heterocycles. The number of carbonyl (C=O) groups excluding carboxylic acids is 1. The fourth-order valence-electron chi connectivity index (χ4n) is 3.04. The van der Waals surface area contributed by atoms with Gasteiger partial charge in [-0.2, -0.15) is 0 Å². The SMILES string of the molecule is CC1(C)CC(c2ccnc3cc(C(N)=O)ccc23)OC1(C)C. The summed E-state index contributed by atoms with van der Waals surface area (Å²) in [5.74, 6) is -0.437. The van der Waals surface area contributed by atoms with Crippen molar-refractivity contribution in [2.24, 2.45) is 11.1 Å². The first-order valence-electron chi connectivity index (χ1n) is 7.57. The van der Waals surface area contributed by atoms with E-state index in [9.17, 15) is 4.79 Å². The number of primary amides is 1. The third-order valence-corrected chi connectivity index (χ3v) is 5.17. The molecule has 0 bridgehead atoms. The quantitative estimate of drug-likeness (QED) is 0.921. The van der Waals surface area contributed by atoms with Gasteiger partial charge in [-0.15, -0.1) is 0 Å². The predicted octanol–water partition coefficient (Wildman–Crippen LogP) is 3.60. The molecule has 2 N–H and O–H groups in total. The molecule has 1 unspecified atom stereocenters. The van der Waals surface area contributed by atoms with Gasteiger partial charge < -0.3 is 10.5 Å². The Bertz CT molecular complexity index is 734. The molecule has 0 spiro atoms. The first kappa shape index (κ1) is 15.0. The third-order valence-electron chi connectivity index (χ3n) is 5.17. The van der Waals surface area contributed by atoms with Crippen molar-refractivity contribution in [3.63, 3.8) is 0 Å². The number of hydrogen-bond donors (Lipinski definition) is 1. The second-order valence-electron chi connectivity index (χ2n) is 7.20. The van der Waals surface area contributed by atoms with Crippen molar-refractivity contribution in [2.75, 3.05) is 0 Å². The van der Waals surface area contributed by atoms with Crippen LogP contribution in [0.4, 0.5) is 0 Å². The Labute approximate surface area is 130 Å². The molecule has 2 heterocycles. The average Bonchev–Trinajstić information content (AvgIpc) is 2.66. The Kier molecular flexibility index (Phi) is 3.25. The molecule has 3 rings (SSSR count). The third kappa shape index (κ3) is 2.28. The number of ether oxygens (including phenoxy) is 1. The molecule has 1 amide bonds. The van der Waals surface area contributed by atoms with Crippen LogP contribution in [0.15, 0.2) is 30.5 Å². The topological polar surface area (TPSA) is 65.2 Å². The van der Waals surface area contributed by atoms with Crippen molar-refractivity contribution in [2.45, 2.75) is 45.8 Å². The molecule has 0 aliphatic carbocycles. The molecular formula is C18H22N2O2. The van der Waals surface area contributed by atoms with Crippen LogP contribution in [-0.4, -0.2) is 16.5 Å². The monoisotopic (exact) mass is 298 g/mol. The summed E-state index contributed by atoms with van der Waals surface area (Å²) in [6.07, 6.45) is 2.76. The number of pyridine rings is 1.